The number of carbonyl (C=O) groups is 2. The highest BCUT2D eigenvalue weighted by molar-refractivity contribution is 6.33. The third-order valence-electron chi connectivity index (χ3n) is 3.74. The zero-order valence-electron chi connectivity index (χ0n) is 14.4. The lowest BCUT2D eigenvalue weighted by Crippen LogP contribution is -2.11. The van der Waals surface area contributed by atoms with Crippen LogP contribution in [0.5, 0.6) is 11.5 Å². The Morgan fingerprint density at radius 2 is 1.88 bits per heavy atom. The highest BCUT2D eigenvalue weighted by Crippen LogP contribution is 2.27. The maximum absolute atomic E-state index is 12.1. The molecule has 0 bridgehead atoms. The van der Waals surface area contributed by atoms with E-state index in [9.17, 15) is 9.59 Å². The molecule has 0 spiro atoms. The Balaban J connectivity index is 2.13. The van der Waals surface area contributed by atoms with Crippen molar-refractivity contribution in [2.24, 2.45) is 0 Å². The molecule has 6 nitrogen and oxygen atoms in total. The minimum Gasteiger partial charge on any atom is -0.497 e. The normalized spacial score (nSPS) is 10.4. The number of rotatable bonds is 8. The van der Waals surface area contributed by atoms with Crippen molar-refractivity contribution < 1.29 is 23.8 Å². The molecule has 0 aliphatic carbocycles. The van der Waals surface area contributed by atoms with E-state index in [1.807, 2.05) is 0 Å². The van der Waals surface area contributed by atoms with Crippen LogP contribution in [0.3, 0.4) is 0 Å². The van der Waals surface area contributed by atoms with Crippen molar-refractivity contribution in [3.8, 4) is 11.5 Å². The molecule has 0 N–H and O–H groups in total. The number of benzene rings is 1. The Morgan fingerprint density at radius 3 is 2.44 bits per heavy atom. The van der Waals surface area contributed by atoms with E-state index in [4.69, 9.17) is 25.8 Å². The fourth-order valence-electron chi connectivity index (χ4n) is 2.49. The van der Waals surface area contributed by atoms with Gasteiger partial charge in [0.15, 0.2) is 6.29 Å². The largest absolute Gasteiger partial charge is 0.497 e. The maximum atomic E-state index is 12.1. The standard InChI is InChI=1S/C18H20ClNO5/c1-4-24-18(22)16-12(2)20(17(19)15(16)11-21)9-10-25-14-7-5-13(23-3)6-8-14/h5-8,11H,4,9-10H2,1-3H3. The van der Waals surface area contributed by atoms with Crippen LogP contribution in [0.4, 0.5) is 0 Å². The molecule has 1 heterocycles. The van der Waals surface area contributed by atoms with Crippen molar-refractivity contribution in [1.29, 1.82) is 0 Å². The molecule has 0 atom stereocenters. The zero-order chi connectivity index (χ0) is 18.4. The van der Waals surface area contributed by atoms with E-state index in [0.717, 1.165) is 5.75 Å². The lowest BCUT2D eigenvalue weighted by atomic mass is 10.1. The number of ether oxygens (including phenoxy) is 3. The van der Waals surface area contributed by atoms with E-state index < -0.39 is 5.97 Å². The van der Waals surface area contributed by atoms with E-state index in [1.165, 1.54) is 0 Å². The summed E-state index contributed by atoms with van der Waals surface area (Å²) in [6.07, 6.45) is 0.572. The molecule has 0 saturated carbocycles. The highest BCUT2D eigenvalue weighted by Gasteiger charge is 2.24. The molecule has 1 aromatic heterocycles. The van der Waals surface area contributed by atoms with Gasteiger partial charge in [-0.1, -0.05) is 11.6 Å². The molecule has 0 fully saturated rings. The molecule has 134 valence electrons. The van der Waals surface area contributed by atoms with Crippen LogP contribution in [0.15, 0.2) is 24.3 Å². The van der Waals surface area contributed by atoms with Gasteiger partial charge in [-0.25, -0.2) is 4.79 Å². The molecule has 0 radical (unpaired) electrons. The first-order valence-electron chi connectivity index (χ1n) is 7.81. The molecule has 0 amide bonds. The Morgan fingerprint density at radius 1 is 1.24 bits per heavy atom. The number of carbonyl (C=O) groups excluding carboxylic acids is 2. The van der Waals surface area contributed by atoms with E-state index in [-0.39, 0.29) is 22.9 Å². The first-order valence-corrected chi connectivity index (χ1v) is 8.19. The molecule has 0 unspecified atom stereocenters. The molecular weight excluding hydrogens is 346 g/mol. The zero-order valence-corrected chi connectivity index (χ0v) is 15.1. The monoisotopic (exact) mass is 365 g/mol. The predicted molar refractivity (Wildman–Crippen MR) is 94.0 cm³/mol. The van der Waals surface area contributed by atoms with Gasteiger partial charge in [0.2, 0.25) is 0 Å². The van der Waals surface area contributed by atoms with Crippen LogP contribution >= 0.6 is 11.6 Å². The molecule has 2 aromatic rings. The third kappa shape index (κ3) is 4.14. The Kier molecular flexibility index (Phi) is 6.47. The highest BCUT2D eigenvalue weighted by atomic mass is 35.5. The predicted octanol–water partition coefficient (Wildman–Crippen LogP) is 3.53. The fraction of sp³-hybridized carbons (Fsp3) is 0.333. The van der Waals surface area contributed by atoms with Crippen LogP contribution in [-0.4, -0.2) is 37.1 Å². The van der Waals surface area contributed by atoms with Gasteiger partial charge in [0, 0.05) is 5.69 Å². The molecule has 1 aromatic carbocycles. The first-order chi connectivity index (χ1) is 12.0. The second-order valence-corrected chi connectivity index (χ2v) is 5.54. The summed E-state index contributed by atoms with van der Waals surface area (Å²) in [7, 11) is 1.60. The summed E-state index contributed by atoms with van der Waals surface area (Å²) < 4.78 is 17.4. The van der Waals surface area contributed by atoms with Gasteiger partial charge in [-0.3, -0.25) is 4.79 Å². The number of methoxy groups -OCH3 is 1. The van der Waals surface area contributed by atoms with Gasteiger partial charge in [-0.05, 0) is 38.1 Å². The smallest absolute Gasteiger partial charge is 0.340 e. The average molecular weight is 366 g/mol. The van der Waals surface area contributed by atoms with Crippen molar-refractivity contribution in [3.63, 3.8) is 0 Å². The minimum atomic E-state index is -0.557. The summed E-state index contributed by atoms with van der Waals surface area (Å²) in [5.41, 5.74) is 0.914. The van der Waals surface area contributed by atoms with Gasteiger partial charge in [0.05, 0.1) is 31.4 Å². The lowest BCUT2D eigenvalue weighted by molar-refractivity contribution is 0.0523. The van der Waals surface area contributed by atoms with Gasteiger partial charge in [0.25, 0.3) is 0 Å². The van der Waals surface area contributed by atoms with Gasteiger partial charge >= 0.3 is 5.97 Å². The number of esters is 1. The minimum absolute atomic E-state index is 0.141. The summed E-state index contributed by atoms with van der Waals surface area (Å²) in [6.45, 7) is 4.35. The van der Waals surface area contributed by atoms with Gasteiger partial charge in [0.1, 0.15) is 23.3 Å². The summed E-state index contributed by atoms with van der Waals surface area (Å²) in [6, 6.07) is 7.19. The van der Waals surface area contributed by atoms with Crippen molar-refractivity contribution in [2.45, 2.75) is 20.4 Å². The molecular formula is C18H20ClNO5. The molecule has 0 aliphatic heterocycles. The second-order valence-electron chi connectivity index (χ2n) is 5.18. The fourth-order valence-corrected chi connectivity index (χ4v) is 2.84. The van der Waals surface area contributed by atoms with Crippen LogP contribution in [0.25, 0.3) is 0 Å². The lowest BCUT2D eigenvalue weighted by Gasteiger charge is -2.11. The number of hydrogen-bond donors (Lipinski definition) is 0. The maximum Gasteiger partial charge on any atom is 0.340 e. The molecule has 2 rings (SSSR count). The third-order valence-corrected chi connectivity index (χ3v) is 4.14. The van der Waals surface area contributed by atoms with Crippen molar-refractivity contribution in [2.75, 3.05) is 20.3 Å². The Labute approximate surface area is 151 Å². The van der Waals surface area contributed by atoms with Crippen LogP contribution in [0, 0.1) is 6.92 Å². The molecule has 25 heavy (non-hydrogen) atoms. The van der Waals surface area contributed by atoms with Crippen molar-refractivity contribution in [3.05, 3.63) is 46.2 Å². The van der Waals surface area contributed by atoms with Crippen LogP contribution in [0.1, 0.15) is 33.3 Å². The first kappa shape index (κ1) is 18.9. The van der Waals surface area contributed by atoms with E-state index in [1.54, 1.807) is 49.8 Å². The Hall–Kier alpha value is -2.47. The molecule has 0 aliphatic rings. The van der Waals surface area contributed by atoms with Crippen LogP contribution < -0.4 is 9.47 Å². The summed E-state index contributed by atoms with van der Waals surface area (Å²) >= 11 is 6.25. The number of hydrogen-bond acceptors (Lipinski definition) is 5. The van der Waals surface area contributed by atoms with Crippen LogP contribution in [0.2, 0.25) is 5.15 Å². The number of nitrogens with zero attached hydrogens (tertiary/aromatic N) is 1. The van der Waals surface area contributed by atoms with E-state index >= 15 is 0 Å². The van der Waals surface area contributed by atoms with Crippen molar-refractivity contribution >= 4 is 23.9 Å². The summed E-state index contributed by atoms with van der Waals surface area (Å²) in [5.74, 6) is 0.869. The SMILES string of the molecule is CCOC(=O)c1c(C=O)c(Cl)n(CCOc2ccc(OC)cc2)c1C. The van der Waals surface area contributed by atoms with Gasteiger partial charge in [-0.15, -0.1) is 0 Å². The van der Waals surface area contributed by atoms with Gasteiger partial charge < -0.3 is 18.8 Å². The molecule has 0 saturated heterocycles. The number of aldehydes is 1. The molecule has 7 heteroatoms. The second kappa shape index (κ2) is 8.58. The van der Waals surface area contributed by atoms with Gasteiger partial charge in [-0.2, -0.15) is 0 Å². The quantitative estimate of drug-likeness (QED) is 0.529. The topological polar surface area (TPSA) is 66.8 Å². The van der Waals surface area contributed by atoms with Crippen LogP contribution in [-0.2, 0) is 11.3 Å². The van der Waals surface area contributed by atoms with Crippen molar-refractivity contribution in [1.82, 2.24) is 4.57 Å². The Bertz CT molecular complexity index is 752. The van der Waals surface area contributed by atoms with E-state index in [0.29, 0.717) is 30.9 Å². The van der Waals surface area contributed by atoms with E-state index in [2.05, 4.69) is 0 Å². The summed E-state index contributed by atoms with van der Waals surface area (Å²) in [5, 5.41) is 0.203. The average Bonchev–Trinajstić information content (AvgIpc) is 2.86. The number of aromatic nitrogens is 1. The number of halogens is 1. The summed E-state index contributed by atoms with van der Waals surface area (Å²) in [4.78, 5) is 23.4.